The van der Waals surface area contributed by atoms with E-state index in [0.717, 1.165) is 21.5 Å². The van der Waals surface area contributed by atoms with E-state index in [-0.39, 0.29) is 6.04 Å². The summed E-state index contributed by atoms with van der Waals surface area (Å²) >= 11 is 1.64. The Kier molecular flexibility index (Phi) is 3.36. The molecule has 0 aliphatic rings. The Labute approximate surface area is 121 Å². The molecule has 0 amide bonds. The van der Waals surface area contributed by atoms with E-state index in [1.165, 1.54) is 0 Å². The average Bonchev–Trinajstić information content (AvgIpc) is 3.02. The van der Waals surface area contributed by atoms with Crippen molar-refractivity contribution < 1.29 is 0 Å². The second-order valence-corrected chi connectivity index (χ2v) is 5.48. The number of fused-ring (bicyclic) bond motifs is 1. The van der Waals surface area contributed by atoms with E-state index >= 15 is 0 Å². The number of hydrogen-bond acceptors (Lipinski definition) is 4. The van der Waals surface area contributed by atoms with E-state index in [0.29, 0.717) is 5.56 Å². The van der Waals surface area contributed by atoms with Crippen LogP contribution in [0.4, 0.5) is 5.69 Å². The summed E-state index contributed by atoms with van der Waals surface area (Å²) in [6, 6.07) is 14.2. The fourth-order valence-electron chi connectivity index (χ4n) is 2.27. The van der Waals surface area contributed by atoms with Gasteiger partial charge in [-0.15, -0.1) is 11.3 Å². The van der Waals surface area contributed by atoms with Gasteiger partial charge in [-0.1, -0.05) is 24.3 Å². The van der Waals surface area contributed by atoms with Crippen molar-refractivity contribution in [2.45, 2.75) is 13.0 Å². The molecule has 3 aromatic rings. The Morgan fingerprint density at radius 2 is 2.00 bits per heavy atom. The Morgan fingerprint density at radius 1 is 1.20 bits per heavy atom. The van der Waals surface area contributed by atoms with E-state index in [2.05, 4.69) is 23.3 Å². The predicted octanol–water partition coefficient (Wildman–Crippen LogP) is 4.34. The molecule has 1 unspecified atom stereocenters. The van der Waals surface area contributed by atoms with E-state index < -0.39 is 0 Å². The highest BCUT2D eigenvalue weighted by Crippen LogP contribution is 2.29. The minimum Gasteiger partial charge on any atom is -0.376 e. The van der Waals surface area contributed by atoms with Gasteiger partial charge in [0.2, 0.25) is 0 Å². The first-order valence-electron chi connectivity index (χ1n) is 6.37. The lowest BCUT2D eigenvalue weighted by atomic mass is 10.0. The van der Waals surface area contributed by atoms with E-state index in [1.807, 2.05) is 48.0 Å². The molecule has 1 N–H and O–H groups in total. The maximum Gasteiger partial charge on any atom is 0.115 e. The van der Waals surface area contributed by atoms with Gasteiger partial charge in [0.25, 0.3) is 0 Å². The van der Waals surface area contributed by atoms with E-state index in [9.17, 15) is 5.26 Å². The quantitative estimate of drug-likeness (QED) is 0.775. The van der Waals surface area contributed by atoms with Crippen molar-refractivity contribution in [2.24, 2.45) is 0 Å². The van der Waals surface area contributed by atoms with Crippen LogP contribution in [0.25, 0.3) is 10.8 Å². The van der Waals surface area contributed by atoms with Gasteiger partial charge in [-0.05, 0) is 19.1 Å². The monoisotopic (exact) mass is 279 g/mol. The lowest BCUT2D eigenvalue weighted by Crippen LogP contribution is -2.06. The van der Waals surface area contributed by atoms with Crippen molar-refractivity contribution in [3.63, 3.8) is 0 Å². The van der Waals surface area contributed by atoms with Crippen LogP contribution in [0.3, 0.4) is 0 Å². The Balaban J connectivity index is 2.03. The molecule has 0 saturated heterocycles. The van der Waals surface area contributed by atoms with Crippen molar-refractivity contribution in [1.29, 1.82) is 5.26 Å². The number of thiazole rings is 1. The second kappa shape index (κ2) is 5.32. The fourth-order valence-corrected chi connectivity index (χ4v) is 2.91. The summed E-state index contributed by atoms with van der Waals surface area (Å²) in [7, 11) is 0. The molecule has 20 heavy (non-hydrogen) atoms. The highest BCUT2D eigenvalue weighted by Gasteiger charge is 2.11. The van der Waals surface area contributed by atoms with Gasteiger partial charge in [0.15, 0.2) is 0 Å². The molecule has 1 atom stereocenters. The number of nitriles is 1. The molecule has 1 aromatic heterocycles. The minimum absolute atomic E-state index is 0.145. The molecule has 98 valence electrons. The average molecular weight is 279 g/mol. The summed E-state index contributed by atoms with van der Waals surface area (Å²) in [5.41, 5.74) is 1.73. The van der Waals surface area contributed by atoms with Crippen molar-refractivity contribution in [2.75, 3.05) is 5.32 Å². The van der Waals surface area contributed by atoms with Crippen LogP contribution >= 0.6 is 11.3 Å². The SMILES string of the molecule is CC(Nc1ccc(C#N)c2ccccc12)c1nccs1. The Hall–Kier alpha value is -2.38. The van der Waals surface area contributed by atoms with Gasteiger partial charge >= 0.3 is 0 Å². The van der Waals surface area contributed by atoms with Gasteiger partial charge < -0.3 is 5.32 Å². The maximum absolute atomic E-state index is 9.18. The number of aromatic nitrogens is 1. The summed E-state index contributed by atoms with van der Waals surface area (Å²) in [4.78, 5) is 4.33. The summed E-state index contributed by atoms with van der Waals surface area (Å²) in [6.07, 6.45) is 1.81. The number of anilines is 1. The highest BCUT2D eigenvalue weighted by molar-refractivity contribution is 7.09. The fraction of sp³-hybridized carbons (Fsp3) is 0.125. The van der Waals surface area contributed by atoms with Crippen molar-refractivity contribution in [3.8, 4) is 6.07 Å². The van der Waals surface area contributed by atoms with Crippen LogP contribution in [0.2, 0.25) is 0 Å². The van der Waals surface area contributed by atoms with Crippen LogP contribution in [-0.2, 0) is 0 Å². The topological polar surface area (TPSA) is 48.7 Å². The molecular weight excluding hydrogens is 266 g/mol. The molecule has 0 spiro atoms. The smallest absolute Gasteiger partial charge is 0.115 e. The molecule has 0 radical (unpaired) electrons. The molecular formula is C16H13N3S. The molecule has 2 aromatic carbocycles. The normalized spacial score (nSPS) is 12.0. The summed E-state index contributed by atoms with van der Waals surface area (Å²) < 4.78 is 0. The van der Waals surface area contributed by atoms with Gasteiger partial charge in [-0.2, -0.15) is 5.26 Å². The van der Waals surface area contributed by atoms with Crippen LogP contribution in [0.15, 0.2) is 48.0 Å². The van der Waals surface area contributed by atoms with E-state index in [1.54, 1.807) is 11.3 Å². The molecule has 3 nitrogen and oxygen atoms in total. The lowest BCUT2D eigenvalue weighted by Gasteiger charge is -2.15. The summed E-state index contributed by atoms with van der Waals surface area (Å²) in [6.45, 7) is 2.09. The van der Waals surface area contributed by atoms with Crippen LogP contribution in [-0.4, -0.2) is 4.98 Å². The van der Waals surface area contributed by atoms with Crippen LogP contribution in [0, 0.1) is 11.3 Å². The molecule has 3 rings (SSSR count). The van der Waals surface area contributed by atoms with Crippen molar-refractivity contribution in [3.05, 3.63) is 58.5 Å². The Morgan fingerprint density at radius 3 is 2.70 bits per heavy atom. The molecule has 0 aliphatic heterocycles. The number of rotatable bonds is 3. The summed E-state index contributed by atoms with van der Waals surface area (Å²) in [5, 5.41) is 17.7. The zero-order valence-corrected chi connectivity index (χ0v) is 11.8. The molecule has 0 fully saturated rings. The van der Waals surface area contributed by atoms with E-state index in [4.69, 9.17) is 0 Å². The third-order valence-corrected chi connectivity index (χ3v) is 4.20. The maximum atomic E-state index is 9.18. The number of hydrogen-bond donors (Lipinski definition) is 1. The number of nitrogens with one attached hydrogen (secondary N) is 1. The molecule has 4 heteroatoms. The van der Waals surface area contributed by atoms with Gasteiger partial charge in [-0.25, -0.2) is 4.98 Å². The highest BCUT2D eigenvalue weighted by atomic mass is 32.1. The van der Waals surface area contributed by atoms with Gasteiger partial charge in [0.1, 0.15) is 5.01 Å². The third kappa shape index (κ3) is 2.24. The van der Waals surface area contributed by atoms with Crippen LogP contribution in [0.5, 0.6) is 0 Å². The number of nitrogens with zero attached hydrogens (tertiary/aromatic N) is 2. The number of benzene rings is 2. The molecule has 0 aliphatic carbocycles. The predicted molar refractivity (Wildman–Crippen MR) is 82.8 cm³/mol. The zero-order chi connectivity index (χ0) is 13.9. The minimum atomic E-state index is 0.145. The van der Waals surface area contributed by atoms with Gasteiger partial charge in [-0.3, -0.25) is 0 Å². The van der Waals surface area contributed by atoms with Gasteiger partial charge in [0, 0.05) is 28.0 Å². The van der Waals surface area contributed by atoms with Crippen LogP contribution < -0.4 is 5.32 Å². The summed E-state index contributed by atoms with van der Waals surface area (Å²) in [5.74, 6) is 0. The molecule has 0 saturated carbocycles. The Bertz CT molecular complexity index is 772. The zero-order valence-electron chi connectivity index (χ0n) is 11.0. The van der Waals surface area contributed by atoms with Crippen molar-refractivity contribution in [1.82, 2.24) is 4.98 Å². The third-order valence-electron chi connectivity index (χ3n) is 3.24. The molecule has 0 bridgehead atoms. The molecule has 1 heterocycles. The largest absolute Gasteiger partial charge is 0.376 e. The first-order valence-corrected chi connectivity index (χ1v) is 7.25. The standard InChI is InChI=1S/C16H13N3S/c1-11(16-18-8-9-20-16)19-15-7-6-12(10-17)13-4-2-3-5-14(13)15/h2-9,11,19H,1H3. The van der Waals surface area contributed by atoms with Gasteiger partial charge in [0.05, 0.1) is 17.7 Å². The van der Waals surface area contributed by atoms with Crippen LogP contribution in [0.1, 0.15) is 23.5 Å². The first-order chi connectivity index (χ1) is 9.79. The first kappa shape index (κ1) is 12.6. The lowest BCUT2D eigenvalue weighted by molar-refractivity contribution is 0.871. The van der Waals surface area contributed by atoms with Crippen molar-refractivity contribution >= 4 is 27.8 Å². The second-order valence-electron chi connectivity index (χ2n) is 4.55.